The van der Waals surface area contributed by atoms with Crippen molar-refractivity contribution in [3.63, 3.8) is 0 Å². The van der Waals surface area contributed by atoms with Crippen LogP contribution < -0.4 is 0 Å². The topological polar surface area (TPSA) is 0 Å². The van der Waals surface area contributed by atoms with Crippen LogP contribution in [0.2, 0.25) is 0 Å². The lowest BCUT2D eigenvalue weighted by Crippen LogP contribution is -1.90. The highest BCUT2D eigenvalue weighted by molar-refractivity contribution is 8.05. The van der Waals surface area contributed by atoms with Crippen molar-refractivity contribution >= 4 is 23.5 Å². The van der Waals surface area contributed by atoms with Crippen molar-refractivity contribution in [1.29, 1.82) is 0 Å². The molecule has 0 saturated carbocycles. The Morgan fingerprint density at radius 3 is 1.25 bits per heavy atom. The predicted octanol–water partition coefficient (Wildman–Crippen LogP) is 6.97. The predicted molar refractivity (Wildman–Crippen MR) is 93.3 cm³/mol. The van der Waals surface area contributed by atoms with E-state index in [1.54, 1.807) is 0 Å². The third-order valence-corrected chi connectivity index (χ3v) is 5.16. The average molecular weight is 305 g/mol. The van der Waals surface area contributed by atoms with Gasteiger partial charge in [-0.3, -0.25) is 0 Å². The third kappa shape index (κ3) is 4.07. The van der Waals surface area contributed by atoms with Gasteiger partial charge in [-0.1, -0.05) is 63.4 Å². The zero-order valence-electron chi connectivity index (χ0n) is 13.3. The van der Waals surface area contributed by atoms with Gasteiger partial charge in [0.2, 0.25) is 0 Å². The van der Waals surface area contributed by atoms with Crippen LogP contribution in [-0.2, 0) is 0 Å². The molecule has 0 amide bonds. The second-order valence-corrected chi connectivity index (χ2v) is 6.27. The van der Waals surface area contributed by atoms with Crippen molar-refractivity contribution in [3.8, 4) is 0 Å². The average Bonchev–Trinajstić information content (AvgIpc) is 2.49. The largest absolute Gasteiger partial charge is 0.0877 e. The Hall–Kier alpha value is -0.860. The fraction of sp³-hybridized carbons (Fsp3) is 0.333. The molecule has 0 saturated heterocycles. The Morgan fingerprint density at radius 2 is 0.900 bits per heavy atom. The first-order valence-corrected chi connectivity index (χ1v) is 8.93. The standard InChI is InChI=1S/C14H12S2.2C2H6/c1-9-3-5-11-13(7-9)15-12-6-4-10(2)8-14(12)16-11;2*1-2/h3-8H,1-2H3;2*1-2H3. The Bertz CT molecular complexity index is 508. The summed E-state index contributed by atoms with van der Waals surface area (Å²) in [6.07, 6.45) is 0. The summed E-state index contributed by atoms with van der Waals surface area (Å²) in [6.45, 7) is 12.3. The minimum Gasteiger partial charge on any atom is -0.0877 e. The van der Waals surface area contributed by atoms with E-state index in [1.807, 2.05) is 51.2 Å². The molecule has 3 rings (SSSR count). The molecule has 1 aliphatic rings. The van der Waals surface area contributed by atoms with Gasteiger partial charge in [-0.15, -0.1) is 0 Å². The first-order chi connectivity index (χ1) is 9.72. The fourth-order valence-corrected chi connectivity index (χ4v) is 4.19. The number of hydrogen-bond acceptors (Lipinski definition) is 2. The van der Waals surface area contributed by atoms with Crippen LogP contribution in [0.3, 0.4) is 0 Å². The van der Waals surface area contributed by atoms with Gasteiger partial charge in [-0.2, -0.15) is 0 Å². The summed E-state index contributed by atoms with van der Waals surface area (Å²) in [5, 5.41) is 0. The van der Waals surface area contributed by atoms with E-state index >= 15 is 0 Å². The quantitative estimate of drug-likeness (QED) is 0.440. The molecule has 0 radical (unpaired) electrons. The maximum Gasteiger partial charge on any atom is 0.0265 e. The molecular formula is C18H24S2. The van der Waals surface area contributed by atoms with E-state index in [1.165, 1.54) is 30.7 Å². The molecule has 0 aromatic heterocycles. The van der Waals surface area contributed by atoms with Crippen molar-refractivity contribution in [2.75, 3.05) is 0 Å². The second-order valence-electron chi connectivity index (χ2n) is 4.10. The molecule has 0 N–H and O–H groups in total. The van der Waals surface area contributed by atoms with E-state index in [0.29, 0.717) is 0 Å². The smallest absolute Gasteiger partial charge is 0.0265 e. The molecule has 0 aliphatic carbocycles. The van der Waals surface area contributed by atoms with Crippen LogP contribution in [0.5, 0.6) is 0 Å². The van der Waals surface area contributed by atoms with Crippen LogP contribution >= 0.6 is 23.5 Å². The summed E-state index contributed by atoms with van der Waals surface area (Å²) < 4.78 is 0. The van der Waals surface area contributed by atoms with E-state index in [2.05, 4.69) is 50.2 Å². The summed E-state index contributed by atoms with van der Waals surface area (Å²) in [7, 11) is 0. The maximum absolute atomic E-state index is 2.27. The van der Waals surface area contributed by atoms with Gasteiger partial charge >= 0.3 is 0 Å². The van der Waals surface area contributed by atoms with Gasteiger partial charge < -0.3 is 0 Å². The molecule has 2 aromatic carbocycles. The summed E-state index contributed by atoms with van der Waals surface area (Å²) in [4.78, 5) is 5.55. The summed E-state index contributed by atoms with van der Waals surface area (Å²) in [5.74, 6) is 0. The minimum atomic E-state index is 1.34. The van der Waals surface area contributed by atoms with E-state index in [9.17, 15) is 0 Å². The molecule has 0 atom stereocenters. The van der Waals surface area contributed by atoms with Gasteiger partial charge in [0.05, 0.1) is 0 Å². The minimum absolute atomic E-state index is 1.34. The lowest BCUT2D eigenvalue weighted by atomic mass is 10.2. The monoisotopic (exact) mass is 304 g/mol. The normalized spacial score (nSPS) is 11.1. The lowest BCUT2D eigenvalue weighted by Gasteiger charge is -2.18. The molecule has 1 aliphatic heterocycles. The van der Waals surface area contributed by atoms with Gasteiger partial charge in [0, 0.05) is 19.6 Å². The highest BCUT2D eigenvalue weighted by Gasteiger charge is 2.16. The number of fused-ring (bicyclic) bond motifs is 2. The molecule has 2 heteroatoms. The highest BCUT2D eigenvalue weighted by atomic mass is 32.2. The van der Waals surface area contributed by atoms with Gasteiger partial charge in [0.25, 0.3) is 0 Å². The van der Waals surface area contributed by atoms with Crippen LogP contribution in [0.15, 0.2) is 56.0 Å². The van der Waals surface area contributed by atoms with E-state index < -0.39 is 0 Å². The van der Waals surface area contributed by atoms with Gasteiger partial charge in [0.1, 0.15) is 0 Å². The molecule has 1 heterocycles. The van der Waals surface area contributed by atoms with Crippen molar-refractivity contribution in [3.05, 3.63) is 47.5 Å². The van der Waals surface area contributed by atoms with Gasteiger partial charge in [0.15, 0.2) is 0 Å². The second kappa shape index (κ2) is 8.43. The molecule has 0 bridgehead atoms. The van der Waals surface area contributed by atoms with Crippen LogP contribution in [0.25, 0.3) is 0 Å². The Morgan fingerprint density at radius 1 is 0.550 bits per heavy atom. The van der Waals surface area contributed by atoms with Crippen molar-refractivity contribution in [2.45, 2.75) is 61.1 Å². The van der Waals surface area contributed by atoms with E-state index in [0.717, 1.165) is 0 Å². The number of benzene rings is 2. The molecule has 108 valence electrons. The van der Waals surface area contributed by atoms with Gasteiger partial charge in [-0.05, 0) is 49.2 Å². The molecule has 20 heavy (non-hydrogen) atoms. The first-order valence-electron chi connectivity index (χ1n) is 7.29. The summed E-state index contributed by atoms with van der Waals surface area (Å²) in [5.41, 5.74) is 2.67. The summed E-state index contributed by atoms with van der Waals surface area (Å²) in [6, 6.07) is 13.4. The van der Waals surface area contributed by atoms with Crippen molar-refractivity contribution in [1.82, 2.24) is 0 Å². The molecular weight excluding hydrogens is 280 g/mol. The van der Waals surface area contributed by atoms with Crippen LogP contribution in [0, 0.1) is 13.8 Å². The molecule has 0 fully saturated rings. The summed E-state index contributed by atoms with van der Waals surface area (Å²) >= 11 is 3.77. The molecule has 0 nitrogen and oxygen atoms in total. The maximum atomic E-state index is 2.27. The zero-order valence-corrected chi connectivity index (χ0v) is 14.9. The highest BCUT2D eigenvalue weighted by Crippen LogP contribution is 2.48. The molecule has 2 aromatic rings. The fourth-order valence-electron chi connectivity index (χ4n) is 1.80. The van der Waals surface area contributed by atoms with Crippen LogP contribution in [0.4, 0.5) is 0 Å². The number of hydrogen-bond donors (Lipinski definition) is 0. The van der Waals surface area contributed by atoms with Gasteiger partial charge in [-0.25, -0.2) is 0 Å². The Kier molecular flexibility index (Phi) is 7.25. The number of aryl methyl sites for hydroxylation is 2. The first kappa shape index (κ1) is 17.2. The Labute approximate surface area is 132 Å². The van der Waals surface area contributed by atoms with Crippen LogP contribution in [0.1, 0.15) is 38.8 Å². The molecule has 0 spiro atoms. The SMILES string of the molecule is CC.CC.Cc1ccc2c(c1)Sc1ccc(C)cc1S2. The van der Waals surface area contributed by atoms with Crippen molar-refractivity contribution < 1.29 is 0 Å². The lowest BCUT2D eigenvalue weighted by molar-refractivity contribution is 1.13. The Balaban J connectivity index is 0.000000461. The molecule has 0 unspecified atom stereocenters. The zero-order chi connectivity index (χ0) is 15.1. The third-order valence-electron chi connectivity index (χ3n) is 2.64. The van der Waals surface area contributed by atoms with E-state index in [4.69, 9.17) is 0 Å². The van der Waals surface area contributed by atoms with Crippen LogP contribution in [-0.4, -0.2) is 0 Å². The van der Waals surface area contributed by atoms with E-state index in [-0.39, 0.29) is 0 Å². The number of rotatable bonds is 0. The van der Waals surface area contributed by atoms with Crippen molar-refractivity contribution in [2.24, 2.45) is 0 Å².